The van der Waals surface area contributed by atoms with Gasteiger partial charge in [0.1, 0.15) is 17.4 Å². The maximum absolute atomic E-state index is 13.8. The minimum Gasteiger partial charge on any atom is -0.438 e. The number of hydrogen-bond acceptors (Lipinski definition) is 5. The molecule has 1 N–H and O–H groups in total. The van der Waals surface area contributed by atoms with Crippen LogP contribution in [0.5, 0.6) is 11.6 Å². The first-order chi connectivity index (χ1) is 15.8. The van der Waals surface area contributed by atoms with Crippen molar-refractivity contribution in [2.75, 3.05) is 19.8 Å². The van der Waals surface area contributed by atoms with Crippen molar-refractivity contribution in [2.24, 2.45) is 0 Å². The normalized spacial score (nSPS) is 12.5. The maximum atomic E-state index is 13.8. The van der Waals surface area contributed by atoms with Crippen LogP contribution < -0.4 is 4.74 Å². The zero-order valence-corrected chi connectivity index (χ0v) is 19.5. The summed E-state index contributed by atoms with van der Waals surface area (Å²) in [5.74, 6) is -0.0344. The Morgan fingerprint density at radius 2 is 1.82 bits per heavy atom. The van der Waals surface area contributed by atoms with Gasteiger partial charge in [0, 0.05) is 31.8 Å². The molecule has 0 bridgehead atoms. The fourth-order valence-electron chi connectivity index (χ4n) is 3.46. The number of ether oxygens (including phenoxy) is 2. The molecule has 1 aromatic heterocycles. The van der Waals surface area contributed by atoms with Gasteiger partial charge in [0.15, 0.2) is 0 Å². The molecule has 0 aliphatic rings. The molecular weight excluding hydrogens is 428 g/mol. The van der Waals surface area contributed by atoms with Crippen molar-refractivity contribution >= 4 is 0 Å². The smallest absolute Gasteiger partial charge is 0.227 e. The lowest BCUT2D eigenvalue weighted by Gasteiger charge is -2.29. The Labute approximate surface area is 193 Å². The van der Waals surface area contributed by atoms with Crippen molar-refractivity contribution < 1.29 is 23.4 Å². The number of rotatable bonds is 11. The van der Waals surface area contributed by atoms with Crippen LogP contribution in [0.15, 0.2) is 48.5 Å². The van der Waals surface area contributed by atoms with E-state index < -0.39 is 11.9 Å². The van der Waals surface area contributed by atoms with Gasteiger partial charge < -0.3 is 14.6 Å². The van der Waals surface area contributed by atoms with Crippen molar-refractivity contribution in [3.63, 3.8) is 0 Å². The highest BCUT2D eigenvalue weighted by atomic mass is 19.1. The molecule has 33 heavy (non-hydrogen) atoms. The van der Waals surface area contributed by atoms with Crippen LogP contribution in [0.1, 0.15) is 32.0 Å². The maximum Gasteiger partial charge on any atom is 0.227 e. The lowest BCUT2D eigenvalue weighted by Crippen LogP contribution is -2.39. The van der Waals surface area contributed by atoms with Crippen LogP contribution in [0.2, 0.25) is 0 Å². The van der Waals surface area contributed by atoms with Gasteiger partial charge in [-0.25, -0.2) is 13.5 Å². The lowest BCUT2D eigenvalue weighted by atomic mass is 10.2. The molecule has 3 rings (SSSR count). The van der Waals surface area contributed by atoms with E-state index in [9.17, 15) is 13.9 Å². The first-order valence-electron chi connectivity index (χ1n) is 11.1. The molecule has 3 aromatic rings. The van der Waals surface area contributed by atoms with Gasteiger partial charge in [0.05, 0.1) is 29.7 Å². The summed E-state index contributed by atoms with van der Waals surface area (Å²) in [6.07, 6.45) is -0.646. The van der Waals surface area contributed by atoms with Crippen LogP contribution in [0.3, 0.4) is 0 Å². The first-order valence-corrected chi connectivity index (χ1v) is 11.1. The van der Waals surface area contributed by atoms with Crippen molar-refractivity contribution in [3.8, 4) is 17.3 Å². The van der Waals surface area contributed by atoms with Gasteiger partial charge in [-0.15, -0.1) is 0 Å². The number of aliphatic hydroxyl groups excluding tert-OH is 1. The van der Waals surface area contributed by atoms with E-state index in [1.54, 1.807) is 28.9 Å². The monoisotopic (exact) mass is 459 g/mol. The second-order valence-electron chi connectivity index (χ2n) is 8.15. The van der Waals surface area contributed by atoms with E-state index in [2.05, 4.69) is 10.00 Å². The Morgan fingerprint density at radius 3 is 2.45 bits per heavy atom. The number of hydrogen-bond donors (Lipinski definition) is 1. The molecular formula is C25H31F2N3O3. The molecule has 0 amide bonds. The summed E-state index contributed by atoms with van der Waals surface area (Å²) in [6.45, 7) is 9.46. The van der Waals surface area contributed by atoms with Crippen LogP contribution in [-0.4, -0.2) is 51.7 Å². The average Bonchev–Trinajstić information content (AvgIpc) is 3.07. The second-order valence-corrected chi connectivity index (χ2v) is 8.15. The average molecular weight is 460 g/mol. The second kappa shape index (κ2) is 11.4. The Kier molecular flexibility index (Phi) is 8.55. The molecule has 2 aromatic carbocycles. The number of benzene rings is 2. The van der Waals surface area contributed by atoms with Crippen molar-refractivity contribution in [3.05, 3.63) is 71.4 Å². The molecule has 0 fully saturated rings. The largest absolute Gasteiger partial charge is 0.438 e. The van der Waals surface area contributed by atoms with Gasteiger partial charge in [-0.05, 0) is 64.1 Å². The van der Waals surface area contributed by atoms with Crippen LogP contribution in [0.4, 0.5) is 8.78 Å². The van der Waals surface area contributed by atoms with Gasteiger partial charge in [0.25, 0.3) is 0 Å². The van der Waals surface area contributed by atoms with E-state index >= 15 is 0 Å². The Balaban J connectivity index is 1.99. The molecule has 0 radical (unpaired) electrons. The summed E-state index contributed by atoms with van der Waals surface area (Å²) in [5.41, 5.74) is 2.13. The Bertz CT molecular complexity index is 1040. The van der Waals surface area contributed by atoms with E-state index in [4.69, 9.17) is 9.47 Å². The summed E-state index contributed by atoms with van der Waals surface area (Å²) in [5, 5.41) is 15.0. The molecule has 1 heterocycles. The van der Waals surface area contributed by atoms with Crippen molar-refractivity contribution in [1.82, 2.24) is 14.7 Å². The SMILES string of the molecule is CCOCC(O)CN(Cc1c(C)nn(-c2ccc(F)cc2)c1Oc1cccc(F)c1)C(C)C. The Morgan fingerprint density at radius 1 is 1.09 bits per heavy atom. The van der Waals surface area contributed by atoms with E-state index in [-0.39, 0.29) is 18.5 Å². The van der Waals surface area contributed by atoms with Gasteiger partial charge in [-0.2, -0.15) is 5.10 Å². The highest BCUT2D eigenvalue weighted by molar-refractivity contribution is 5.43. The lowest BCUT2D eigenvalue weighted by molar-refractivity contribution is 0.0131. The summed E-state index contributed by atoms with van der Waals surface area (Å²) in [7, 11) is 0. The molecule has 0 saturated heterocycles. The van der Waals surface area contributed by atoms with Crippen molar-refractivity contribution in [1.29, 1.82) is 0 Å². The standard InChI is InChI=1S/C25H31F2N3O3/c1-5-32-16-22(31)14-29(17(2)3)15-24-18(4)28-30(21-11-9-19(26)10-12-21)25(24)33-23-8-6-7-20(27)13-23/h6-13,17,22,31H,5,14-16H2,1-4H3. The molecule has 0 aliphatic carbocycles. The molecule has 0 saturated carbocycles. The highest BCUT2D eigenvalue weighted by Gasteiger charge is 2.24. The molecule has 0 aliphatic heterocycles. The minimum absolute atomic E-state index is 0.122. The topological polar surface area (TPSA) is 59.8 Å². The van der Waals surface area contributed by atoms with E-state index in [0.29, 0.717) is 37.0 Å². The number of aromatic nitrogens is 2. The summed E-state index contributed by atoms with van der Waals surface area (Å²) in [6, 6.07) is 11.9. The fraction of sp³-hybridized carbons (Fsp3) is 0.400. The van der Waals surface area contributed by atoms with Crippen molar-refractivity contribution in [2.45, 2.75) is 46.4 Å². The van der Waals surface area contributed by atoms with Crippen LogP contribution >= 0.6 is 0 Å². The third kappa shape index (κ3) is 6.60. The molecule has 1 unspecified atom stereocenters. The number of aryl methyl sites for hydroxylation is 1. The van der Waals surface area contributed by atoms with Gasteiger partial charge >= 0.3 is 0 Å². The van der Waals surface area contributed by atoms with Gasteiger partial charge in [-0.3, -0.25) is 4.90 Å². The number of halogens is 2. The third-order valence-electron chi connectivity index (χ3n) is 5.27. The summed E-state index contributed by atoms with van der Waals surface area (Å²) >= 11 is 0. The predicted octanol–water partition coefficient (Wildman–Crippen LogP) is 4.86. The zero-order chi connectivity index (χ0) is 24.0. The van der Waals surface area contributed by atoms with Crippen LogP contribution in [0, 0.1) is 18.6 Å². The first kappa shape index (κ1) is 24.8. The van der Waals surface area contributed by atoms with Crippen LogP contribution in [-0.2, 0) is 11.3 Å². The third-order valence-corrected chi connectivity index (χ3v) is 5.27. The number of nitrogens with zero attached hydrogens (tertiary/aromatic N) is 3. The molecule has 8 heteroatoms. The fourth-order valence-corrected chi connectivity index (χ4v) is 3.46. The summed E-state index contributed by atoms with van der Waals surface area (Å²) < 4.78 is 40.4. The number of aliphatic hydroxyl groups is 1. The van der Waals surface area contributed by atoms with Gasteiger partial charge in [-0.1, -0.05) is 6.07 Å². The predicted molar refractivity (Wildman–Crippen MR) is 123 cm³/mol. The van der Waals surface area contributed by atoms with E-state index in [1.165, 1.54) is 24.3 Å². The van der Waals surface area contributed by atoms with Gasteiger partial charge in [0.2, 0.25) is 5.88 Å². The van der Waals surface area contributed by atoms with Crippen LogP contribution in [0.25, 0.3) is 5.69 Å². The highest BCUT2D eigenvalue weighted by Crippen LogP contribution is 2.32. The van der Waals surface area contributed by atoms with E-state index in [1.807, 2.05) is 27.7 Å². The molecule has 0 spiro atoms. The quantitative estimate of drug-likeness (QED) is 0.444. The molecule has 1 atom stereocenters. The summed E-state index contributed by atoms with van der Waals surface area (Å²) in [4.78, 5) is 2.10. The molecule has 178 valence electrons. The minimum atomic E-state index is -0.646. The Hall–Kier alpha value is -2.81. The molecule has 6 nitrogen and oxygen atoms in total. The zero-order valence-electron chi connectivity index (χ0n) is 19.5. The van der Waals surface area contributed by atoms with E-state index in [0.717, 1.165) is 11.3 Å².